The van der Waals surface area contributed by atoms with E-state index in [1.165, 1.54) is 0 Å². The normalized spacial score (nSPS) is 10.9. The van der Waals surface area contributed by atoms with Crippen LogP contribution in [0, 0.1) is 0 Å². The number of hydrogen-bond donors (Lipinski definition) is 1. The number of aromatic nitrogens is 4. The molecule has 102 valence electrons. The Balaban J connectivity index is 2.15. The van der Waals surface area contributed by atoms with Gasteiger partial charge in [-0.15, -0.1) is 0 Å². The molecule has 0 aliphatic carbocycles. The molecule has 1 N–H and O–H groups in total. The van der Waals surface area contributed by atoms with Crippen molar-refractivity contribution in [2.45, 2.75) is 13.3 Å². The molecule has 0 saturated carbocycles. The van der Waals surface area contributed by atoms with Crippen molar-refractivity contribution < 1.29 is 0 Å². The molecule has 0 spiro atoms. The quantitative estimate of drug-likeness (QED) is 0.748. The number of halogens is 1. The molecule has 5 nitrogen and oxygen atoms in total. The third kappa shape index (κ3) is 2.32. The number of imidazole rings is 1. The molecule has 20 heavy (non-hydrogen) atoms. The Morgan fingerprint density at radius 3 is 2.75 bits per heavy atom. The summed E-state index contributed by atoms with van der Waals surface area (Å²) in [7, 11) is 0. The van der Waals surface area contributed by atoms with Crippen LogP contribution in [-0.2, 0) is 0 Å². The molecular formula is C14H14ClN5. The number of hydrogen-bond acceptors (Lipinski definition) is 4. The highest BCUT2D eigenvalue weighted by atomic mass is 35.5. The number of fused-ring (bicyclic) bond motifs is 1. The van der Waals surface area contributed by atoms with Crippen LogP contribution in [0.25, 0.3) is 16.9 Å². The largest absolute Gasteiger partial charge is 0.368 e. The predicted molar refractivity (Wildman–Crippen MR) is 80.5 cm³/mol. The molecule has 0 fully saturated rings. The average molecular weight is 288 g/mol. The van der Waals surface area contributed by atoms with Gasteiger partial charge in [-0.25, -0.2) is 4.98 Å². The van der Waals surface area contributed by atoms with Gasteiger partial charge < -0.3 is 5.32 Å². The number of nitrogens with zero attached hydrogens (tertiary/aromatic N) is 4. The van der Waals surface area contributed by atoms with Gasteiger partial charge in [-0.05, 0) is 30.2 Å². The van der Waals surface area contributed by atoms with E-state index < -0.39 is 0 Å². The summed E-state index contributed by atoms with van der Waals surface area (Å²) < 4.78 is 1.90. The van der Waals surface area contributed by atoms with Gasteiger partial charge in [-0.1, -0.05) is 25.1 Å². The van der Waals surface area contributed by atoms with Crippen LogP contribution in [0.5, 0.6) is 0 Å². The van der Waals surface area contributed by atoms with E-state index in [4.69, 9.17) is 11.6 Å². The smallest absolute Gasteiger partial charge is 0.226 e. The summed E-state index contributed by atoms with van der Waals surface area (Å²) in [6.07, 6.45) is 2.74. The van der Waals surface area contributed by atoms with Crippen molar-refractivity contribution in [1.82, 2.24) is 19.5 Å². The fraction of sp³-hybridized carbons (Fsp3) is 0.214. The molecule has 0 atom stereocenters. The van der Waals surface area contributed by atoms with Gasteiger partial charge in [0.2, 0.25) is 5.28 Å². The highest BCUT2D eigenvalue weighted by Gasteiger charge is 2.12. The minimum Gasteiger partial charge on any atom is -0.368 e. The number of para-hydroxylation sites is 1. The van der Waals surface area contributed by atoms with Gasteiger partial charge in [0.25, 0.3) is 0 Å². The molecule has 3 rings (SSSR count). The molecule has 0 aliphatic rings. The van der Waals surface area contributed by atoms with Crippen LogP contribution in [0.2, 0.25) is 5.28 Å². The van der Waals surface area contributed by atoms with Crippen LogP contribution in [0.3, 0.4) is 0 Å². The SMILES string of the molecule is CCCNc1nc(Cl)nc2c1ncn2-c1ccccc1. The molecule has 0 bridgehead atoms. The highest BCUT2D eigenvalue weighted by molar-refractivity contribution is 6.28. The van der Waals surface area contributed by atoms with E-state index in [0.717, 1.165) is 24.2 Å². The predicted octanol–water partition coefficient (Wildman–Crippen LogP) is 3.29. The van der Waals surface area contributed by atoms with E-state index >= 15 is 0 Å². The third-order valence-electron chi connectivity index (χ3n) is 2.95. The van der Waals surface area contributed by atoms with Crippen molar-refractivity contribution in [3.05, 3.63) is 41.9 Å². The van der Waals surface area contributed by atoms with Crippen LogP contribution in [0.15, 0.2) is 36.7 Å². The molecule has 6 heteroatoms. The monoisotopic (exact) mass is 287 g/mol. The first-order valence-corrected chi connectivity index (χ1v) is 6.87. The van der Waals surface area contributed by atoms with Gasteiger partial charge in [0, 0.05) is 12.2 Å². The Morgan fingerprint density at radius 2 is 2.00 bits per heavy atom. The lowest BCUT2D eigenvalue weighted by molar-refractivity contribution is 0.968. The number of benzene rings is 1. The minimum absolute atomic E-state index is 0.216. The summed E-state index contributed by atoms with van der Waals surface area (Å²) in [6.45, 7) is 2.91. The fourth-order valence-corrected chi connectivity index (χ4v) is 2.18. The van der Waals surface area contributed by atoms with Gasteiger partial charge >= 0.3 is 0 Å². The Morgan fingerprint density at radius 1 is 1.20 bits per heavy atom. The van der Waals surface area contributed by atoms with Crippen LogP contribution < -0.4 is 5.32 Å². The van der Waals surface area contributed by atoms with Crippen molar-refractivity contribution in [2.75, 3.05) is 11.9 Å². The van der Waals surface area contributed by atoms with Gasteiger partial charge in [0.1, 0.15) is 6.33 Å². The first-order valence-electron chi connectivity index (χ1n) is 6.49. The molecule has 0 unspecified atom stereocenters. The van der Waals surface area contributed by atoms with E-state index in [9.17, 15) is 0 Å². The first-order chi connectivity index (χ1) is 9.79. The maximum Gasteiger partial charge on any atom is 0.226 e. The summed E-state index contributed by atoms with van der Waals surface area (Å²) in [5.41, 5.74) is 2.42. The zero-order chi connectivity index (χ0) is 13.9. The van der Waals surface area contributed by atoms with Crippen LogP contribution in [0.1, 0.15) is 13.3 Å². The zero-order valence-corrected chi connectivity index (χ0v) is 11.8. The van der Waals surface area contributed by atoms with E-state index in [-0.39, 0.29) is 5.28 Å². The maximum atomic E-state index is 6.02. The summed E-state index contributed by atoms with van der Waals surface area (Å²) in [5.74, 6) is 0.677. The molecule has 3 aromatic rings. The molecule has 2 heterocycles. The van der Waals surface area contributed by atoms with Gasteiger partial charge in [0.05, 0.1) is 0 Å². The summed E-state index contributed by atoms with van der Waals surface area (Å²) in [5, 5.41) is 3.45. The molecule has 0 aliphatic heterocycles. The van der Waals surface area contributed by atoms with Crippen molar-refractivity contribution in [3.63, 3.8) is 0 Å². The topological polar surface area (TPSA) is 55.6 Å². The Hall–Kier alpha value is -2.14. The van der Waals surface area contributed by atoms with Crippen molar-refractivity contribution in [3.8, 4) is 5.69 Å². The lowest BCUT2D eigenvalue weighted by Gasteiger charge is -2.06. The zero-order valence-electron chi connectivity index (χ0n) is 11.0. The molecule has 0 radical (unpaired) electrons. The van der Waals surface area contributed by atoms with Crippen molar-refractivity contribution >= 4 is 28.6 Å². The van der Waals surface area contributed by atoms with E-state index in [1.54, 1.807) is 6.33 Å². The lowest BCUT2D eigenvalue weighted by Crippen LogP contribution is -2.04. The second-order valence-electron chi connectivity index (χ2n) is 4.39. The van der Waals surface area contributed by atoms with Crippen LogP contribution in [-0.4, -0.2) is 26.1 Å². The van der Waals surface area contributed by atoms with Crippen molar-refractivity contribution in [2.24, 2.45) is 0 Å². The Labute approximate surface area is 121 Å². The number of nitrogens with one attached hydrogen (secondary N) is 1. The minimum atomic E-state index is 0.216. The van der Waals surface area contributed by atoms with Gasteiger partial charge in [-0.2, -0.15) is 9.97 Å². The molecular weight excluding hydrogens is 274 g/mol. The highest BCUT2D eigenvalue weighted by Crippen LogP contribution is 2.23. The Bertz CT molecular complexity index is 723. The van der Waals surface area contributed by atoms with E-state index in [2.05, 4.69) is 27.2 Å². The molecule has 0 amide bonds. The number of rotatable bonds is 4. The second kappa shape index (κ2) is 5.46. The van der Waals surface area contributed by atoms with Gasteiger partial charge in [0.15, 0.2) is 17.0 Å². The first kappa shape index (κ1) is 12.9. The summed E-state index contributed by atoms with van der Waals surface area (Å²) >= 11 is 6.02. The van der Waals surface area contributed by atoms with Crippen molar-refractivity contribution in [1.29, 1.82) is 0 Å². The third-order valence-corrected chi connectivity index (χ3v) is 3.11. The number of anilines is 1. The molecule has 0 saturated heterocycles. The lowest BCUT2D eigenvalue weighted by atomic mass is 10.3. The maximum absolute atomic E-state index is 6.02. The van der Waals surface area contributed by atoms with Crippen LogP contribution >= 0.6 is 11.6 Å². The van der Waals surface area contributed by atoms with E-state index in [0.29, 0.717) is 11.5 Å². The van der Waals surface area contributed by atoms with E-state index in [1.807, 2.05) is 34.9 Å². The summed E-state index contributed by atoms with van der Waals surface area (Å²) in [4.78, 5) is 12.9. The standard InChI is InChI=1S/C14H14ClN5/c1-2-8-16-12-11-13(19-14(15)18-12)20(9-17-11)10-6-4-3-5-7-10/h3-7,9H,2,8H2,1H3,(H,16,18,19). The van der Waals surface area contributed by atoms with Crippen LogP contribution in [0.4, 0.5) is 5.82 Å². The van der Waals surface area contributed by atoms with Gasteiger partial charge in [-0.3, -0.25) is 4.57 Å². The fourth-order valence-electron chi connectivity index (χ4n) is 2.02. The molecule has 1 aromatic carbocycles. The average Bonchev–Trinajstić information content (AvgIpc) is 2.89. The molecule has 2 aromatic heterocycles. The Kier molecular flexibility index (Phi) is 3.52. The second-order valence-corrected chi connectivity index (χ2v) is 4.73. The summed E-state index contributed by atoms with van der Waals surface area (Å²) in [6, 6.07) is 9.91.